The van der Waals surface area contributed by atoms with E-state index in [0.717, 1.165) is 0 Å². The molecule has 128 valence electrons. The van der Waals surface area contributed by atoms with Gasteiger partial charge in [-0.2, -0.15) is 4.98 Å². The highest BCUT2D eigenvalue weighted by molar-refractivity contribution is 5.76. The van der Waals surface area contributed by atoms with Crippen molar-refractivity contribution >= 4 is 11.8 Å². The average molecular weight is 326 g/mol. The first kappa shape index (κ1) is 17.4. The van der Waals surface area contributed by atoms with Crippen molar-refractivity contribution in [2.24, 2.45) is 11.7 Å². The molecule has 23 heavy (non-hydrogen) atoms. The second-order valence-electron chi connectivity index (χ2n) is 5.83. The minimum atomic E-state index is -0.755. The lowest BCUT2D eigenvalue weighted by atomic mass is 10.1. The Morgan fingerprint density at radius 2 is 2.30 bits per heavy atom. The summed E-state index contributed by atoms with van der Waals surface area (Å²) in [6.45, 7) is 3.27. The lowest BCUT2D eigenvalue weighted by Crippen LogP contribution is -2.41. The number of nitrogens with two attached hydrogens (primary N) is 2. The van der Waals surface area contributed by atoms with E-state index in [9.17, 15) is 14.7 Å². The van der Waals surface area contributed by atoms with E-state index >= 15 is 0 Å². The number of hydrogen-bond donors (Lipinski definition) is 3. The molecule has 0 spiro atoms. The highest BCUT2D eigenvalue weighted by atomic mass is 16.6. The summed E-state index contributed by atoms with van der Waals surface area (Å²) in [4.78, 5) is 27.4. The van der Waals surface area contributed by atoms with Crippen molar-refractivity contribution in [1.82, 2.24) is 9.55 Å². The quantitative estimate of drug-likeness (QED) is 0.585. The van der Waals surface area contributed by atoms with Crippen molar-refractivity contribution in [3.63, 3.8) is 0 Å². The molecule has 5 N–H and O–H groups in total. The summed E-state index contributed by atoms with van der Waals surface area (Å²) in [5, 5.41) is 9.40. The lowest BCUT2D eigenvalue weighted by Gasteiger charge is -2.20. The summed E-state index contributed by atoms with van der Waals surface area (Å²) in [6, 6.07) is 0.710. The number of carbonyl (C=O) groups is 1. The summed E-state index contributed by atoms with van der Waals surface area (Å²) in [5.41, 5.74) is 10.6. The van der Waals surface area contributed by atoms with Gasteiger partial charge in [0.1, 0.15) is 30.3 Å². The molecule has 0 amide bonds. The fourth-order valence-corrected chi connectivity index (χ4v) is 2.30. The minimum absolute atomic E-state index is 0.0721. The molecule has 0 radical (unpaired) electrons. The third-order valence-corrected chi connectivity index (χ3v) is 3.78. The molecule has 2 heterocycles. The van der Waals surface area contributed by atoms with E-state index in [1.54, 1.807) is 0 Å². The molecule has 2 rings (SSSR count). The molecule has 0 unspecified atom stereocenters. The second kappa shape index (κ2) is 7.07. The standard InChI is InChI=1S/C14H22N4O5/c1-7(2)12(16)13(20)23-8-5-11(22-9(8)6-19)18-4-3-10(15)17-14(18)21/h3-4,7-9,11-12,19H,5-6,16H2,1-2H3,(H2,15,17,21)/t8-,9+,11+,12-/m1/s1. The normalized spacial score (nSPS) is 25.5. The molecule has 0 bridgehead atoms. The highest BCUT2D eigenvalue weighted by Gasteiger charge is 2.39. The van der Waals surface area contributed by atoms with Gasteiger partial charge in [0.2, 0.25) is 0 Å². The van der Waals surface area contributed by atoms with Crippen molar-refractivity contribution in [2.45, 2.75) is 44.7 Å². The van der Waals surface area contributed by atoms with Gasteiger partial charge in [-0.1, -0.05) is 13.8 Å². The van der Waals surface area contributed by atoms with E-state index in [1.165, 1.54) is 16.8 Å². The molecule has 9 nitrogen and oxygen atoms in total. The molecular weight excluding hydrogens is 304 g/mol. The van der Waals surface area contributed by atoms with Gasteiger partial charge in [0.15, 0.2) is 0 Å². The zero-order valence-electron chi connectivity index (χ0n) is 13.1. The van der Waals surface area contributed by atoms with Crippen molar-refractivity contribution in [3.05, 3.63) is 22.7 Å². The van der Waals surface area contributed by atoms with Crippen molar-refractivity contribution < 1.29 is 19.4 Å². The van der Waals surface area contributed by atoms with Crippen LogP contribution in [0.1, 0.15) is 26.5 Å². The van der Waals surface area contributed by atoms with Crippen LogP contribution >= 0.6 is 0 Å². The molecule has 1 fully saturated rings. The number of aromatic nitrogens is 2. The minimum Gasteiger partial charge on any atom is -0.458 e. The molecule has 4 atom stereocenters. The summed E-state index contributed by atoms with van der Waals surface area (Å²) in [6.07, 6.45) is -0.443. The SMILES string of the molecule is CC(C)[C@@H](N)C(=O)O[C@@H]1C[C@@H](n2ccc(N)nc2=O)O[C@H]1CO. The van der Waals surface area contributed by atoms with Crippen molar-refractivity contribution in [2.75, 3.05) is 12.3 Å². The van der Waals surface area contributed by atoms with Crippen LogP contribution in [0.15, 0.2) is 17.1 Å². The molecule has 1 aromatic rings. The molecule has 0 saturated carbocycles. The molecule has 1 aliphatic heterocycles. The number of ether oxygens (including phenoxy) is 2. The molecular formula is C14H22N4O5. The Hall–Kier alpha value is -1.97. The predicted molar refractivity (Wildman–Crippen MR) is 81.2 cm³/mol. The number of aliphatic hydroxyl groups is 1. The first-order valence-corrected chi connectivity index (χ1v) is 7.40. The van der Waals surface area contributed by atoms with Gasteiger partial charge >= 0.3 is 11.7 Å². The Bertz CT molecular complexity index is 617. The number of esters is 1. The predicted octanol–water partition coefficient (Wildman–Crippen LogP) is -1.000. The van der Waals surface area contributed by atoms with Gasteiger partial charge in [-0.05, 0) is 12.0 Å². The van der Waals surface area contributed by atoms with Crippen molar-refractivity contribution in [1.29, 1.82) is 0 Å². The van der Waals surface area contributed by atoms with Crippen molar-refractivity contribution in [3.8, 4) is 0 Å². The molecule has 0 aromatic carbocycles. The van der Waals surface area contributed by atoms with Gasteiger partial charge < -0.3 is 26.0 Å². The maximum Gasteiger partial charge on any atom is 0.351 e. The van der Waals surface area contributed by atoms with E-state index in [2.05, 4.69) is 4.98 Å². The van der Waals surface area contributed by atoms with Crippen LogP contribution < -0.4 is 17.2 Å². The third kappa shape index (κ3) is 3.87. The van der Waals surface area contributed by atoms with Crippen LogP contribution in [0.3, 0.4) is 0 Å². The molecule has 1 aromatic heterocycles. The van der Waals surface area contributed by atoms with Gasteiger partial charge in [0, 0.05) is 12.6 Å². The van der Waals surface area contributed by atoms with Gasteiger partial charge in [0.25, 0.3) is 0 Å². The third-order valence-electron chi connectivity index (χ3n) is 3.78. The van der Waals surface area contributed by atoms with Crippen LogP contribution in [0, 0.1) is 5.92 Å². The molecule has 1 aliphatic rings. The lowest BCUT2D eigenvalue weighted by molar-refractivity contribution is -0.155. The number of rotatable bonds is 5. The molecule has 1 saturated heterocycles. The van der Waals surface area contributed by atoms with Crippen LogP contribution in [0.2, 0.25) is 0 Å². The van der Waals surface area contributed by atoms with Crippen LogP contribution in [0.4, 0.5) is 5.82 Å². The fourth-order valence-electron chi connectivity index (χ4n) is 2.30. The molecule has 9 heteroatoms. The van der Waals surface area contributed by atoms with Gasteiger partial charge in [0.05, 0.1) is 6.61 Å². The van der Waals surface area contributed by atoms with Gasteiger partial charge in [-0.15, -0.1) is 0 Å². The number of anilines is 1. The second-order valence-corrected chi connectivity index (χ2v) is 5.83. The monoisotopic (exact) mass is 326 g/mol. The summed E-state index contributed by atoms with van der Waals surface area (Å²) >= 11 is 0. The zero-order valence-corrected chi connectivity index (χ0v) is 13.1. The van der Waals surface area contributed by atoms with Gasteiger partial charge in [-0.25, -0.2) is 4.79 Å². The maximum absolute atomic E-state index is 12.0. The smallest absolute Gasteiger partial charge is 0.351 e. The fraction of sp³-hybridized carbons (Fsp3) is 0.643. The Labute approximate surface area is 133 Å². The first-order valence-electron chi connectivity index (χ1n) is 7.40. The Morgan fingerprint density at radius 1 is 1.61 bits per heavy atom. The van der Waals surface area contributed by atoms with Crippen LogP contribution in [0.25, 0.3) is 0 Å². The summed E-state index contributed by atoms with van der Waals surface area (Å²) in [5.74, 6) is -0.526. The number of aliphatic hydroxyl groups excluding tert-OH is 1. The zero-order chi connectivity index (χ0) is 17.1. The van der Waals surface area contributed by atoms with Crippen LogP contribution in [0.5, 0.6) is 0 Å². The summed E-state index contributed by atoms with van der Waals surface area (Å²) < 4.78 is 12.2. The van der Waals surface area contributed by atoms with E-state index in [0.29, 0.717) is 0 Å². The maximum atomic E-state index is 12.0. The van der Waals surface area contributed by atoms with E-state index < -0.39 is 36.1 Å². The average Bonchev–Trinajstić information content (AvgIpc) is 2.88. The van der Waals surface area contributed by atoms with E-state index in [4.69, 9.17) is 20.9 Å². The largest absolute Gasteiger partial charge is 0.458 e. The van der Waals surface area contributed by atoms with Crippen LogP contribution in [-0.2, 0) is 14.3 Å². The van der Waals surface area contributed by atoms with Gasteiger partial charge in [-0.3, -0.25) is 9.36 Å². The number of nitrogens with zero attached hydrogens (tertiary/aromatic N) is 2. The van der Waals surface area contributed by atoms with E-state index in [-0.39, 0.29) is 24.8 Å². The number of nitrogen functional groups attached to an aromatic ring is 1. The topological polar surface area (TPSA) is 143 Å². The number of carbonyl (C=O) groups excluding carboxylic acids is 1. The summed E-state index contributed by atoms with van der Waals surface area (Å²) in [7, 11) is 0. The first-order chi connectivity index (χ1) is 10.8. The van der Waals surface area contributed by atoms with E-state index in [1.807, 2.05) is 13.8 Å². The number of hydrogen-bond acceptors (Lipinski definition) is 8. The Morgan fingerprint density at radius 3 is 2.87 bits per heavy atom. The van der Waals surface area contributed by atoms with Crippen LogP contribution in [-0.4, -0.2) is 45.5 Å². The Kier molecular flexibility index (Phi) is 5.34. The molecule has 0 aliphatic carbocycles. The highest BCUT2D eigenvalue weighted by Crippen LogP contribution is 2.30. The Balaban J connectivity index is 2.11.